The molecule has 5 heteroatoms. The van der Waals surface area contributed by atoms with E-state index in [0.29, 0.717) is 23.7 Å². The maximum absolute atomic E-state index is 13.8. The maximum Gasteiger partial charge on any atom is 0.248 e. The second-order valence-corrected chi connectivity index (χ2v) is 5.17. The lowest BCUT2D eigenvalue weighted by Crippen LogP contribution is -2.30. The molecule has 1 saturated carbocycles. The molecule has 0 saturated heterocycles. The van der Waals surface area contributed by atoms with Crippen LogP contribution in [0.2, 0.25) is 0 Å². The van der Waals surface area contributed by atoms with Gasteiger partial charge in [-0.25, -0.2) is 4.39 Å². The van der Waals surface area contributed by atoms with E-state index in [9.17, 15) is 9.18 Å². The second kappa shape index (κ2) is 5.57. The first-order valence-corrected chi connectivity index (χ1v) is 6.59. The van der Waals surface area contributed by atoms with Crippen LogP contribution < -0.4 is 16.8 Å². The number of anilines is 1. The van der Waals surface area contributed by atoms with Gasteiger partial charge in [-0.05, 0) is 44.4 Å². The molecule has 104 valence electrons. The van der Waals surface area contributed by atoms with Gasteiger partial charge in [-0.2, -0.15) is 0 Å². The summed E-state index contributed by atoms with van der Waals surface area (Å²) in [7, 11) is 0. The van der Waals surface area contributed by atoms with Crippen molar-refractivity contribution in [3.05, 3.63) is 29.1 Å². The number of nitrogens with two attached hydrogens (primary N) is 2. The number of carbonyl (C=O) groups excluding carboxylic acids is 1. The number of carbonyl (C=O) groups is 1. The Kier molecular flexibility index (Phi) is 4.04. The zero-order valence-electron chi connectivity index (χ0n) is 11.1. The van der Waals surface area contributed by atoms with Crippen molar-refractivity contribution in [2.45, 2.75) is 32.2 Å². The number of rotatable bonds is 4. The van der Waals surface area contributed by atoms with Crippen LogP contribution in [0.4, 0.5) is 10.1 Å². The molecule has 0 heterocycles. The molecule has 0 radical (unpaired) electrons. The Hall–Kier alpha value is -1.62. The first-order valence-electron chi connectivity index (χ1n) is 6.59. The van der Waals surface area contributed by atoms with Gasteiger partial charge in [0.25, 0.3) is 0 Å². The first kappa shape index (κ1) is 13.8. The van der Waals surface area contributed by atoms with E-state index in [1.807, 2.05) is 0 Å². The smallest absolute Gasteiger partial charge is 0.248 e. The molecule has 0 spiro atoms. The third-order valence-electron chi connectivity index (χ3n) is 3.93. The van der Waals surface area contributed by atoms with Gasteiger partial charge in [-0.15, -0.1) is 0 Å². The highest BCUT2D eigenvalue weighted by atomic mass is 19.1. The van der Waals surface area contributed by atoms with Crippen molar-refractivity contribution in [2.24, 2.45) is 17.4 Å². The summed E-state index contributed by atoms with van der Waals surface area (Å²) in [5.74, 6) is -0.635. The van der Waals surface area contributed by atoms with E-state index in [-0.39, 0.29) is 11.6 Å². The molecule has 19 heavy (non-hydrogen) atoms. The third-order valence-corrected chi connectivity index (χ3v) is 3.93. The maximum atomic E-state index is 13.8. The molecule has 1 aliphatic carbocycles. The molecule has 4 nitrogen and oxygen atoms in total. The normalized spacial score (nSPS) is 22.5. The predicted octanol–water partition coefficient (Wildman–Crippen LogP) is 1.77. The largest absolute Gasteiger partial charge is 0.382 e. The van der Waals surface area contributed by atoms with E-state index in [1.165, 1.54) is 6.07 Å². The minimum atomic E-state index is -0.622. The minimum Gasteiger partial charge on any atom is -0.382 e. The van der Waals surface area contributed by atoms with Crippen LogP contribution in [-0.4, -0.2) is 18.5 Å². The van der Waals surface area contributed by atoms with Gasteiger partial charge in [-0.1, -0.05) is 6.42 Å². The molecule has 0 bridgehead atoms. The molecular formula is C14H20FN3O. The lowest BCUT2D eigenvalue weighted by atomic mass is 10.0. The lowest BCUT2D eigenvalue weighted by Gasteiger charge is -2.22. The topological polar surface area (TPSA) is 81.1 Å². The van der Waals surface area contributed by atoms with Gasteiger partial charge >= 0.3 is 0 Å². The third kappa shape index (κ3) is 2.87. The van der Waals surface area contributed by atoms with Gasteiger partial charge in [0, 0.05) is 22.9 Å². The second-order valence-electron chi connectivity index (χ2n) is 5.17. The molecule has 2 unspecified atom stereocenters. The summed E-state index contributed by atoms with van der Waals surface area (Å²) in [4.78, 5) is 11.2. The highest BCUT2D eigenvalue weighted by Gasteiger charge is 2.26. The van der Waals surface area contributed by atoms with Gasteiger partial charge in [-0.3, -0.25) is 4.79 Å². The summed E-state index contributed by atoms with van der Waals surface area (Å²) in [5, 5.41) is 3.32. The zero-order chi connectivity index (χ0) is 14.0. The number of halogens is 1. The Labute approximate surface area is 112 Å². The van der Waals surface area contributed by atoms with Gasteiger partial charge in [0.2, 0.25) is 5.91 Å². The molecule has 1 aliphatic rings. The van der Waals surface area contributed by atoms with Crippen molar-refractivity contribution >= 4 is 11.6 Å². The standard InChI is InChI=1S/C14H20FN3O/c1-8-11(15)5-10(14(17)19)6-13(8)18-12-4-2-3-9(12)7-16/h5-6,9,12,18H,2-4,7,16H2,1H3,(H2,17,19). The van der Waals surface area contributed by atoms with Crippen LogP contribution in [0.1, 0.15) is 35.2 Å². The average molecular weight is 265 g/mol. The van der Waals surface area contributed by atoms with Crippen LogP contribution >= 0.6 is 0 Å². The molecular weight excluding hydrogens is 245 g/mol. The number of hydrogen-bond donors (Lipinski definition) is 3. The number of benzene rings is 1. The van der Waals surface area contributed by atoms with Crippen LogP contribution in [-0.2, 0) is 0 Å². The lowest BCUT2D eigenvalue weighted by molar-refractivity contribution is 0.1000. The van der Waals surface area contributed by atoms with Crippen LogP contribution in [0.3, 0.4) is 0 Å². The molecule has 0 aromatic heterocycles. The highest BCUT2D eigenvalue weighted by molar-refractivity contribution is 5.94. The molecule has 1 amide bonds. The van der Waals surface area contributed by atoms with Gasteiger partial charge in [0.1, 0.15) is 5.82 Å². The fourth-order valence-electron chi connectivity index (χ4n) is 2.68. The fourth-order valence-corrected chi connectivity index (χ4v) is 2.68. The van der Waals surface area contributed by atoms with Crippen molar-refractivity contribution in [1.82, 2.24) is 0 Å². The molecule has 5 N–H and O–H groups in total. The highest BCUT2D eigenvalue weighted by Crippen LogP contribution is 2.30. The molecule has 1 aromatic carbocycles. The molecule has 2 atom stereocenters. The summed E-state index contributed by atoms with van der Waals surface area (Å²) >= 11 is 0. The summed E-state index contributed by atoms with van der Waals surface area (Å²) in [6.07, 6.45) is 3.23. The van der Waals surface area contributed by atoms with Crippen molar-refractivity contribution in [3.63, 3.8) is 0 Å². The Morgan fingerprint density at radius 3 is 2.84 bits per heavy atom. The molecule has 0 aliphatic heterocycles. The van der Waals surface area contributed by atoms with Crippen LogP contribution in [0, 0.1) is 18.7 Å². The summed E-state index contributed by atoms with van der Waals surface area (Å²) in [5.41, 5.74) is 12.3. The summed E-state index contributed by atoms with van der Waals surface area (Å²) in [6, 6.07) is 3.04. The minimum absolute atomic E-state index is 0.188. The first-order chi connectivity index (χ1) is 9.02. The SMILES string of the molecule is Cc1c(F)cc(C(N)=O)cc1NC1CCCC1CN. The summed E-state index contributed by atoms with van der Waals surface area (Å²) < 4.78 is 13.8. The van der Waals surface area contributed by atoms with Crippen molar-refractivity contribution < 1.29 is 9.18 Å². The van der Waals surface area contributed by atoms with Gasteiger partial charge < -0.3 is 16.8 Å². The zero-order valence-corrected chi connectivity index (χ0v) is 11.1. The average Bonchev–Trinajstić information content (AvgIpc) is 2.81. The number of amides is 1. The van der Waals surface area contributed by atoms with Crippen LogP contribution in [0.15, 0.2) is 12.1 Å². The number of hydrogen-bond acceptors (Lipinski definition) is 3. The fraction of sp³-hybridized carbons (Fsp3) is 0.500. The van der Waals surface area contributed by atoms with E-state index in [4.69, 9.17) is 11.5 Å². The quantitative estimate of drug-likeness (QED) is 0.776. The van der Waals surface area contributed by atoms with E-state index in [2.05, 4.69) is 5.32 Å². The van der Waals surface area contributed by atoms with E-state index < -0.39 is 11.7 Å². The van der Waals surface area contributed by atoms with Crippen LogP contribution in [0.25, 0.3) is 0 Å². The van der Waals surface area contributed by atoms with Crippen molar-refractivity contribution in [1.29, 1.82) is 0 Å². The van der Waals surface area contributed by atoms with Crippen LogP contribution in [0.5, 0.6) is 0 Å². The molecule has 1 aromatic rings. The summed E-state index contributed by atoms with van der Waals surface area (Å²) in [6.45, 7) is 2.31. The van der Waals surface area contributed by atoms with E-state index >= 15 is 0 Å². The monoisotopic (exact) mass is 265 g/mol. The van der Waals surface area contributed by atoms with Gasteiger partial charge in [0.15, 0.2) is 0 Å². The molecule has 2 rings (SSSR count). The predicted molar refractivity (Wildman–Crippen MR) is 73.5 cm³/mol. The number of primary amides is 1. The van der Waals surface area contributed by atoms with E-state index in [0.717, 1.165) is 19.3 Å². The van der Waals surface area contributed by atoms with Gasteiger partial charge in [0.05, 0.1) is 0 Å². The van der Waals surface area contributed by atoms with E-state index in [1.54, 1.807) is 13.0 Å². The Morgan fingerprint density at radius 2 is 2.21 bits per heavy atom. The van der Waals surface area contributed by atoms with Crippen molar-refractivity contribution in [2.75, 3.05) is 11.9 Å². The Bertz CT molecular complexity index is 490. The Balaban J connectivity index is 2.26. The Morgan fingerprint density at radius 1 is 1.47 bits per heavy atom. The molecule has 1 fully saturated rings. The number of nitrogens with one attached hydrogen (secondary N) is 1. The van der Waals surface area contributed by atoms with Crippen molar-refractivity contribution in [3.8, 4) is 0 Å².